The third kappa shape index (κ3) is 5.14. The Morgan fingerprint density at radius 3 is 2.51 bits per heavy atom. The van der Waals surface area contributed by atoms with Crippen molar-refractivity contribution in [2.75, 3.05) is 27.3 Å². The number of carbonyl (C=O) groups excluding carboxylic acids is 1. The van der Waals surface area contributed by atoms with Crippen LogP contribution in [0.5, 0.6) is 11.5 Å². The topological polar surface area (TPSA) is 104 Å². The number of benzene rings is 2. The number of aromatic nitrogens is 2. The Hall–Kier alpha value is -4.12. The number of rotatable bonds is 6. The molecule has 8 nitrogen and oxygen atoms in total. The van der Waals surface area contributed by atoms with Crippen LogP contribution in [0.25, 0.3) is 22.4 Å². The number of ether oxygens (including phenoxy) is 2. The lowest BCUT2D eigenvalue weighted by Gasteiger charge is -2.32. The lowest BCUT2D eigenvalue weighted by atomic mass is 9.89. The van der Waals surface area contributed by atoms with Crippen molar-refractivity contribution in [3.05, 3.63) is 71.2 Å². The molecule has 0 bridgehead atoms. The van der Waals surface area contributed by atoms with E-state index in [0.29, 0.717) is 30.0 Å². The van der Waals surface area contributed by atoms with Crippen LogP contribution >= 0.6 is 0 Å². The molecule has 39 heavy (non-hydrogen) atoms. The lowest BCUT2D eigenvalue weighted by molar-refractivity contribution is -0.140. The summed E-state index contributed by atoms with van der Waals surface area (Å²) in [4.78, 5) is 23.4. The van der Waals surface area contributed by atoms with Crippen LogP contribution in [0.4, 0.5) is 13.2 Å². The number of halogens is 3. The number of nitrogens with two attached hydrogens (primary N) is 1. The number of methoxy groups -OCH3 is 2. The van der Waals surface area contributed by atoms with Gasteiger partial charge >= 0.3 is 6.18 Å². The summed E-state index contributed by atoms with van der Waals surface area (Å²) >= 11 is 0. The average Bonchev–Trinajstić information content (AvgIpc) is 3.39. The van der Waals surface area contributed by atoms with E-state index < -0.39 is 11.9 Å². The first-order chi connectivity index (χ1) is 18.7. The molecule has 0 radical (unpaired) electrons. The standard InChI is InChI=1S/C28H27F3N4O4/c1-37-18-5-3-4-17(14-18)16-10-12-35(13-11-16)27(36)25-22(15-32)39-26(34-25)20-6-8-21(38-2)24-19(20)7-9-23(33-24)28(29,30)31/h3-9,14,16H,10-13,15,32H2,1-2H3. The molecule has 11 heteroatoms. The summed E-state index contributed by atoms with van der Waals surface area (Å²) in [7, 11) is 2.98. The number of pyridine rings is 1. The van der Waals surface area contributed by atoms with Crippen molar-refractivity contribution in [1.29, 1.82) is 0 Å². The molecule has 1 aliphatic heterocycles. The number of carbonyl (C=O) groups is 1. The average molecular weight is 541 g/mol. The third-order valence-electron chi connectivity index (χ3n) is 6.99. The van der Waals surface area contributed by atoms with Crippen LogP contribution in [0.2, 0.25) is 0 Å². The summed E-state index contributed by atoms with van der Waals surface area (Å²) in [5.41, 5.74) is 6.48. The minimum Gasteiger partial charge on any atom is -0.497 e. The number of likely N-dealkylation sites (tertiary alicyclic amines) is 1. The van der Waals surface area contributed by atoms with E-state index in [9.17, 15) is 18.0 Å². The lowest BCUT2D eigenvalue weighted by Crippen LogP contribution is -2.38. The highest BCUT2D eigenvalue weighted by Crippen LogP contribution is 2.37. The summed E-state index contributed by atoms with van der Waals surface area (Å²) in [5, 5.41) is 0.338. The molecule has 4 aromatic rings. The van der Waals surface area contributed by atoms with Gasteiger partial charge in [0.15, 0.2) is 11.5 Å². The molecule has 1 fully saturated rings. The monoisotopic (exact) mass is 540 g/mol. The smallest absolute Gasteiger partial charge is 0.433 e. The minimum atomic E-state index is -4.62. The molecule has 1 aliphatic rings. The maximum absolute atomic E-state index is 13.5. The third-order valence-corrected chi connectivity index (χ3v) is 6.99. The van der Waals surface area contributed by atoms with Gasteiger partial charge in [-0.1, -0.05) is 12.1 Å². The molecule has 2 N–H and O–H groups in total. The molecule has 0 unspecified atom stereocenters. The van der Waals surface area contributed by atoms with Crippen molar-refractivity contribution in [1.82, 2.24) is 14.9 Å². The highest BCUT2D eigenvalue weighted by atomic mass is 19.4. The molecule has 1 saturated heterocycles. The van der Waals surface area contributed by atoms with Crippen LogP contribution in [-0.2, 0) is 12.7 Å². The molecule has 3 heterocycles. The Bertz CT molecular complexity index is 1510. The zero-order valence-electron chi connectivity index (χ0n) is 21.4. The van der Waals surface area contributed by atoms with E-state index in [4.69, 9.17) is 19.6 Å². The van der Waals surface area contributed by atoms with Gasteiger partial charge in [0.2, 0.25) is 5.89 Å². The summed E-state index contributed by atoms with van der Waals surface area (Å²) in [5.74, 6) is 1.23. The van der Waals surface area contributed by atoms with Gasteiger partial charge in [0.1, 0.15) is 22.7 Å². The maximum Gasteiger partial charge on any atom is 0.433 e. The predicted molar refractivity (Wildman–Crippen MR) is 138 cm³/mol. The Balaban J connectivity index is 1.42. The van der Waals surface area contributed by atoms with Crippen LogP contribution in [0.3, 0.4) is 0 Å². The minimum absolute atomic E-state index is 0.00446. The van der Waals surface area contributed by atoms with Gasteiger partial charge in [0, 0.05) is 24.0 Å². The number of oxazole rings is 1. The molecule has 5 rings (SSSR count). The molecule has 2 aromatic heterocycles. The number of piperidine rings is 1. The van der Waals surface area contributed by atoms with Crippen LogP contribution in [0.15, 0.2) is 52.9 Å². The second-order valence-electron chi connectivity index (χ2n) is 9.24. The number of hydrogen-bond acceptors (Lipinski definition) is 7. The quantitative estimate of drug-likeness (QED) is 0.349. The predicted octanol–water partition coefficient (Wildman–Crippen LogP) is 5.40. The fourth-order valence-corrected chi connectivity index (χ4v) is 4.93. The van der Waals surface area contributed by atoms with Crippen molar-refractivity contribution in [3.8, 4) is 23.0 Å². The van der Waals surface area contributed by atoms with Gasteiger partial charge in [-0.15, -0.1) is 0 Å². The van der Waals surface area contributed by atoms with Gasteiger partial charge in [-0.3, -0.25) is 4.79 Å². The van der Waals surface area contributed by atoms with Crippen LogP contribution in [-0.4, -0.2) is 48.1 Å². The van der Waals surface area contributed by atoms with E-state index in [0.717, 1.165) is 24.7 Å². The zero-order valence-corrected chi connectivity index (χ0v) is 21.4. The van der Waals surface area contributed by atoms with E-state index in [1.165, 1.54) is 24.8 Å². The molecule has 0 atom stereocenters. The highest BCUT2D eigenvalue weighted by molar-refractivity contribution is 5.98. The largest absolute Gasteiger partial charge is 0.497 e. The number of alkyl halides is 3. The highest BCUT2D eigenvalue weighted by Gasteiger charge is 2.34. The second-order valence-corrected chi connectivity index (χ2v) is 9.24. The Kier molecular flexibility index (Phi) is 7.17. The van der Waals surface area contributed by atoms with Crippen molar-refractivity contribution in [3.63, 3.8) is 0 Å². The van der Waals surface area contributed by atoms with Crippen LogP contribution in [0.1, 0.15) is 46.3 Å². The Morgan fingerprint density at radius 1 is 1.08 bits per heavy atom. The molecule has 1 amide bonds. The summed E-state index contributed by atoms with van der Waals surface area (Å²) in [6.45, 7) is 0.990. The van der Waals surface area contributed by atoms with E-state index >= 15 is 0 Å². The van der Waals surface area contributed by atoms with Gasteiger partial charge in [-0.05, 0) is 60.7 Å². The fraction of sp³-hybridized carbons (Fsp3) is 0.321. The summed E-state index contributed by atoms with van der Waals surface area (Å²) < 4.78 is 56.3. The van der Waals surface area contributed by atoms with Crippen molar-refractivity contribution in [2.24, 2.45) is 5.73 Å². The number of hydrogen-bond donors (Lipinski definition) is 1. The molecule has 0 saturated carbocycles. The van der Waals surface area contributed by atoms with Crippen LogP contribution < -0.4 is 15.2 Å². The van der Waals surface area contributed by atoms with Gasteiger partial charge in [0.05, 0.1) is 20.8 Å². The van der Waals surface area contributed by atoms with Gasteiger partial charge < -0.3 is 24.5 Å². The van der Waals surface area contributed by atoms with Gasteiger partial charge in [0.25, 0.3) is 5.91 Å². The SMILES string of the molecule is COc1cccc(C2CCN(C(=O)c3nc(-c4ccc(OC)c5nc(C(F)(F)F)ccc45)oc3CN)CC2)c1. The number of fused-ring (bicyclic) bond motifs is 1. The summed E-state index contributed by atoms with van der Waals surface area (Å²) in [6.07, 6.45) is -3.07. The first-order valence-electron chi connectivity index (χ1n) is 12.4. The van der Waals surface area contributed by atoms with E-state index in [2.05, 4.69) is 16.0 Å². The molecule has 2 aromatic carbocycles. The van der Waals surface area contributed by atoms with Crippen molar-refractivity contribution < 1.29 is 31.9 Å². The first kappa shape index (κ1) is 26.5. The van der Waals surface area contributed by atoms with E-state index in [1.54, 1.807) is 18.1 Å². The molecule has 0 spiro atoms. The van der Waals surface area contributed by atoms with Crippen LogP contribution in [0, 0.1) is 0 Å². The van der Waals surface area contributed by atoms with Crippen molar-refractivity contribution in [2.45, 2.75) is 31.5 Å². The molecule has 0 aliphatic carbocycles. The summed E-state index contributed by atoms with van der Waals surface area (Å²) in [6, 6.07) is 13.2. The van der Waals surface area contributed by atoms with Gasteiger partial charge in [-0.2, -0.15) is 13.2 Å². The first-order valence-corrected chi connectivity index (χ1v) is 12.4. The van der Waals surface area contributed by atoms with Gasteiger partial charge in [-0.25, -0.2) is 9.97 Å². The maximum atomic E-state index is 13.5. The Morgan fingerprint density at radius 2 is 1.85 bits per heavy atom. The second kappa shape index (κ2) is 10.6. The number of amides is 1. The number of nitrogens with zero attached hydrogens (tertiary/aromatic N) is 3. The normalized spacial score (nSPS) is 14.6. The fourth-order valence-electron chi connectivity index (χ4n) is 4.93. The van der Waals surface area contributed by atoms with E-state index in [1.807, 2.05) is 18.2 Å². The zero-order chi connectivity index (χ0) is 27.7. The molecular weight excluding hydrogens is 513 g/mol. The molecular formula is C28H27F3N4O4. The van der Waals surface area contributed by atoms with Crippen molar-refractivity contribution >= 4 is 16.8 Å². The Labute approximate surface area is 222 Å². The van der Waals surface area contributed by atoms with E-state index in [-0.39, 0.29) is 41.1 Å². The molecule has 204 valence electrons.